The fourth-order valence-electron chi connectivity index (χ4n) is 1.56. The van der Waals surface area contributed by atoms with Crippen molar-refractivity contribution in [1.29, 1.82) is 5.26 Å². The molecule has 0 aliphatic heterocycles. The van der Waals surface area contributed by atoms with Crippen LogP contribution in [0.1, 0.15) is 19.4 Å². The molecule has 106 valence electrons. The second-order valence-electron chi connectivity index (χ2n) is 4.10. The van der Waals surface area contributed by atoms with Crippen molar-refractivity contribution >= 4 is 11.7 Å². The zero-order valence-electron chi connectivity index (χ0n) is 12.0. The summed E-state index contributed by atoms with van der Waals surface area (Å²) in [6.45, 7) is 6.61. The third-order valence-electron chi connectivity index (χ3n) is 2.64. The second-order valence-corrected chi connectivity index (χ2v) is 4.10. The predicted molar refractivity (Wildman–Crippen MR) is 77.7 cm³/mol. The Bertz CT molecular complexity index is 515. The molecule has 1 rings (SSSR count). The van der Waals surface area contributed by atoms with E-state index >= 15 is 0 Å². The number of hydrogen-bond acceptors (Lipinski definition) is 5. The maximum absolute atomic E-state index is 11.5. The molecule has 5 nitrogen and oxygen atoms in total. The molecule has 0 unspecified atom stereocenters. The Hall–Kier alpha value is -2.48. The number of esters is 1. The van der Waals surface area contributed by atoms with Gasteiger partial charge in [-0.1, -0.05) is 17.7 Å². The zero-order valence-corrected chi connectivity index (χ0v) is 12.0. The van der Waals surface area contributed by atoms with Crippen molar-refractivity contribution < 1.29 is 9.53 Å². The van der Waals surface area contributed by atoms with E-state index < -0.39 is 5.97 Å². The maximum Gasteiger partial charge on any atom is 0.350 e. The van der Waals surface area contributed by atoms with E-state index in [0.29, 0.717) is 6.54 Å². The van der Waals surface area contributed by atoms with Crippen LogP contribution in [0.15, 0.2) is 36.0 Å². The van der Waals surface area contributed by atoms with Crippen molar-refractivity contribution in [3.05, 3.63) is 41.6 Å². The van der Waals surface area contributed by atoms with Gasteiger partial charge in [0.05, 0.1) is 12.3 Å². The monoisotopic (exact) mass is 273 g/mol. The van der Waals surface area contributed by atoms with E-state index in [1.165, 1.54) is 11.8 Å². The third-order valence-corrected chi connectivity index (χ3v) is 2.64. The van der Waals surface area contributed by atoms with Crippen molar-refractivity contribution in [2.24, 2.45) is 0 Å². The van der Waals surface area contributed by atoms with E-state index in [1.54, 1.807) is 6.92 Å². The van der Waals surface area contributed by atoms with Gasteiger partial charge in [-0.05, 0) is 32.9 Å². The number of ether oxygens (including phenoxy) is 1. The molecule has 0 aromatic heterocycles. The van der Waals surface area contributed by atoms with Gasteiger partial charge in [-0.3, -0.25) is 5.01 Å². The van der Waals surface area contributed by atoms with Crippen LogP contribution in [0.3, 0.4) is 0 Å². The van der Waals surface area contributed by atoms with Gasteiger partial charge in [0.2, 0.25) is 0 Å². The fourth-order valence-corrected chi connectivity index (χ4v) is 1.56. The lowest BCUT2D eigenvalue weighted by Gasteiger charge is -2.23. The summed E-state index contributed by atoms with van der Waals surface area (Å²) in [5.74, 6) is -0.623. The van der Waals surface area contributed by atoms with E-state index in [2.05, 4.69) is 5.43 Å². The highest BCUT2D eigenvalue weighted by atomic mass is 16.5. The Labute approximate surface area is 119 Å². The lowest BCUT2D eigenvalue weighted by molar-refractivity contribution is -0.138. The highest BCUT2D eigenvalue weighted by molar-refractivity contribution is 5.92. The number of hydrogen-bond donors (Lipinski definition) is 1. The number of nitrogens with one attached hydrogen (secondary N) is 1. The van der Waals surface area contributed by atoms with Crippen molar-refractivity contribution in [3.8, 4) is 6.07 Å². The Balaban J connectivity index is 2.80. The van der Waals surface area contributed by atoms with E-state index in [1.807, 2.05) is 49.2 Å². The van der Waals surface area contributed by atoms with Crippen molar-refractivity contribution in [3.63, 3.8) is 0 Å². The molecule has 1 aromatic rings. The van der Waals surface area contributed by atoms with E-state index in [0.717, 1.165) is 5.69 Å². The van der Waals surface area contributed by atoms with Crippen LogP contribution in [-0.4, -0.2) is 19.1 Å². The van der Waals surface area contributed by atoms with Gasteiger partial charge in [0.1, 0.15) is 6.07 Å². The van der Waals surface area contributed by atoms with Gasteiger partial charge in [0.15, 0.2) is 5.57 Å². The predicted octanol–water partition coefficient (Wildman–Crippen LogP) is 2.30. The van der Waals surface area contributed by atoms with Crippen LogP contribution in [0.25, 0.3) is 0 Å². The number of benzene rings is 1. The normalized spacial score (nSPS) is 10.6. The first-order valence-corrected chi connectivity index (χ1v) is 6.50. The number of rotatable bonds is 6. The Morgan fingerprint density at radius 1 is 1.40 bits per heavy atom. The molecule has 0 saturated carbocycles. The summed E-state index contributed by atoms with van der Waals surface area (Å²) >= 11 is 0. The van der Waals surface area contributed by atoms with Crippen LogP contribution in [0.5, 0.6) is 0 Å². The van der Waals surface area contributed by atoms with Crippen molar-refractivity contribution in [2.75, 3.05) is 18.2 Å². The first-order chi connectivity index (χ1) is 9.62. The minimum atomic E-state index is -0.623. The zero-order chi connectivity index (χ0) is 15.0. The van der Waals surface area contributed by atoms with Crippen LogP contribution in [-0.2, 0) is 9.53 Å². The summed E-state index contributed by atoms with van der Waals surface area (Å²) in [4.78, 5) is 11.5. The number of nitrogens with zero attached hydrogens (tertiary/aromatic N) is 2. The minimum absolute atomic E-state index is 0.0580. The molecule has 0 atom stereocenters. The summed E-state index contributed by atoms with van der Waals surface area (Å²) in [5.41, 5.74) is 5.01. The van der Waals surface area contributed by atoms with Crippen LogP contribution in [0, 0.1) is 18.3 Å². The van der Waals surface area contributed by atoms with Crippen molar-refractivity contribution in [2.45, 2.75) is 20.8 Å². The van der Waals surface area contributed by atoms with Gasteiger partial charge >= 0.3 is 5.97 Å². The van der Waals surface area contributed by atoms with Crippen LogP contribution in [0.4, 0.5) is 5.69 Å². The SMILES string of the molecule is CCOC(=O)/C(C#N)=C/NN(CC)c1ccc(C)cc1. The van der Waals surface area contributed by atoms with Gasteiger partial charge in [-0.25, -0.2) is 4.79 Å². The number of hydrazine groups is 1. The number of carbonyl (C=O) groups is 1. The summed E-state index contributed by atoms with van der Waals surface area (Å²) in [6, 6.07) is 9.76. The van der Waals surface area contributed by atoms with Crippen molar-refractivity contribution in [1.82, 2.24) is 5.43 Å². The van der Waals surface area contributed by atoms with E-state index in [-0.39, 0.29) is 12.2 Å². The molecule has 0 heterocycles. The Morgan fingerprint density at radius 3 is 2.55 bits per heavy atom. The minimum Gasteiger partial charge on any atom is -0.462 e. The van der Waals surface area contributed by atoms with Gasteiger partial charge in [-0.2, -0.15) is 5.26 Å². The van der Waals surface area contributed by atoms with Gasteiger partial charge < -0.3 is 10.2 Å². The molecule has 0 bridgehead atoms. The van der Waals surface area contributed by atoms with E-state index in [4.69, 9.17) is 10.00 Å². The topological polar surface area (TPSA) is 65.4 Å². The summed E-state index contributed by atoms with van der Waals surface area (Å²) in [7, 11) is 0. The third kappa shape index (κ3) is 4.32. The van der Waals surface area contributed by atoms with Crippen LogP contribution < -0.4 is 10.4 Å². The maximum atomic E-state index is 11.5. The molecule has 1 aromatic carbocycles. The summed E-state index contributed by atoms with van der Waals surface area (Å²) in [6.07, 6.45) is 1.36. The molecule has 0 saturated heterocycles. The molecule has 0 radical (unpaired) electrons. The first kappa shape index (κ1) is 15.6. The lowest BCUT2D eigenvalue weighted by atomic mass is 10.2. The number of nitriles is 1. The quantitative estimate of drug-likeness (QED) is 0.373. The fraction of sp³-hybridized carbons (Fsp3) is 0.333. The average Bonchev–Trinajstić information content (AvgIpc) is 2.45. The van der Waals surface area contributed by atoms with Crippen LogP contribution in [0.2, 0.25) is 0 Å². The molecule has 5 heteroatoms. The molecule has 20 heavy (non-hydrogen) atoms. The molecule has 0 amide bonds. The average molecular weight is 273 g/mol. The van der Waals surface area contributed by atoms with E-state index in [9.17, 15) is 4.79 Å². The second kappa shape index (κ2) is 7.85. The molecule has 0 aliphatic rings. The van der Waals surface area contributed by atoms with Gasteiger partial charge in [0, 0.05) is 12.7 Å². The van der Waals surface area contributed by atoms with Gasteiger partial charge in [-0.15, -0.1) is 0 Å². The molecule has 1 N–H and O–H groups in total. The molecule has 0 aliphatic carbocycles. The smallest absolute Gasteiger partial charge is 0.350 e. The molecule has 0 fully saturated rings. The van der Waals surface area contributed by atoms with Crippen LogP contribution >= 0.6 is 0 Å². The number of carbonyl (C=O) groups excluding carboxylic acids is 1. The highest BCUT2D eigenvalue weighted by Crippen LogP contribution is 2.13. The molecule has 0 spiro atoms. The Morgan fingerprint density at radius 2 is 2.05 bits per heavy atom. The molecular formula is C15H19N3O2. The lowest BCUT2D eigenvalue weighted by Crippen LogP contribution is -2.34. The first-order valence-electron chi connectivity index (χ1n) is 6.50. The largest absolute Gasteiger partial charge is 0.462 e. The standard InChI is InChI=1S/C15H19N3O2/c1-4-18(14-8-6-12(3)7-9-14)17-11-13(10-16)15(19)20-5-2/h6-9,11,17H,4-5H2,1-3H3/b13-11+. The number of aryl methyl sites for hydroxylation is 1. The summed E-state index contributed by atoms with van der Waals surface area (Å²) in [5, 5.41) is 10.8. The number of anilines is 1. The molecular weight excluding hydrogens is 254 g/mol. The van der Waals surface area contributed by atoms with Gasteiger partial charge in [0.25, 0.3) is 0 Å². The Kier molecular flexibility index (Phi) is 6.11. The highest BCUT2D eigenvalue weighted by Gasteiger charge is 2.10. The summed E-state index contributed by atoms with van der Waals surface area (Å²) < 4.78 is 4.79.